The zero-order valence-electron chi connectivity index (χ0n) is 14.7. The van der Waals surface area contributed by atoms with E-state index in [0.717, 1.165) is 18.5 Å². The molecule has 7 nitrogen and oxygen atoms in total. The summed E-state index contributed by atoms with van der Waals surface area (Å²) in [4.78, 5) is 15.9. The number of amides is 1. The van der Waals surface area contributed by atoms with Crippen molar-refractivity contribution < 1.29 is 4.79 Å². The monoisotopic (exact) mass is 352 g/mol. The lowest BCUT2D eigenvalue weighted by atomic mass is 9.84. The second-order valence-electron chi connectivity index (χ2n) is 7.20. The number of hydrogen-bond acceptors (Lipinski definition) is 6. The molecule has 2 saturated carbocycles. The molecule has 1 amide bonds. The molecule has 1 aromatic carbocycles. The van der Waals surface area contributed by atoms with Gasteiger partial charge in [0.25, 0.3) is 5.91 Å². The first kappa shape index (κ1) is 16.8. The van der Waals surface area contributed by atoms with Gasteiger partial charge in [-0.1, -0.05) is 31.4 Å². The van der Waals surface area contributed by atoms with Crippen molar-refractivity contribution in [3.8, 4) is 0 Å². The standard InChI is InChI=1S/C19H24N6O/c20-17(26)16-18(21-14-10-11-14)23-19(25-24-16)22-15-8-6-13(7-9-15)12-4-2-1-3-5-12/h6-9,12,14H,1-5,10-11H2,(H2,20,26)(H2,21,22,23,25). The fraction of sp³-hybridized carbons (Fsp3) is 0.474. The minimum absolute atomic E-state index is 0.0788. The first-order valence-corrected chi connectivity index (χ1v) is 9.37. The Morgan fingerprint density at radius 3 is 2.38 bits per heavy atom. The summed E-state index contributed by atoms with van der Waals surface area (Å²) in [6.07, 6.45) is 8.70. The third-order valence-corrected chi connectivity index (χ3v) is 5.08. The van der Waals surface area contributed by atoms with Crippen LogP contribution < -0.4 is 16.4 Å². The Labute approximate surface area is 152 Å². The fourth-order valence-corrected chi connectivity index (χ4v) is 3.47. The molecule has 2 fully saturated rings. The van der Waals surface area contributed by atoms with Gasteiger partial charge in [0.1, 0.15) is 0 Å². The molecule has 4 N–H and O–H groups in total. The van der Waals surface area contributed by atoms with Crippen molar-refractivity contribution in [3.05, 3.63) is 35.5 Å². The number of hydrogen-bond donors (Lipinski definition) is 3. The van der Waals surface area contributed by atoms with E-state index in [1.165, 1.54) is 37.7 Å². The maximum atomic E-state index is 11.5. The van der Waals surface area contributed by atoms with Gasteiger partial charge in [-0.15, -0.1) is 10.2 Å². The van der Waals surface area contributed by atoms with E-state index in [0.29, 0.717) is 23.7 Å². The van der Waals surface area contributed by atoms with Crippen molar-refractivity contribution in [2.24, 2.45) is 5.73 Å². The largest absolute Gasteiger partial charge is 0.365 e. The zero-order valence-corrected chi connectivity index (χ0v) is 14.7. The van der Waals surface area contributed by atoms with Crippen LogP contribution in [-0.2, 0) is 0 Å². The molecule has 7 heteroatoms. The quantitative estimate of drug-likeness (QED) is 0.736. The number of rotatable bonds is 6. The lowest BCUT2D eigenvalue weighted by Gasteiger charge is -2.22. The highest BCUT2D eigenvalue weighted by molar-refractivity contribution is 5.95. The summed E-state index contributed by atoms with van der Waals surface area (Å²) in [6.45, 7) is 0. The molecule has 26 heavy (non-hydrogen) atoms. The average Bonchev–Trinajstić information content (AvgIpc) is 3.47. The van der Waals surface area contributed by atoms with Crippen molar-refractivity contribution in [1.82, 2.24) is 15.2 Å². The van der Waals surface area contributed by atoms with Gasteiger partial charge in [0.05, 0.1) is 0 Å². The average molecular weight is 352 g/mol. The van der Waals surface area contributed by atoms with Crippen molar-refractivity contribution in [1.29, 1.82) is 0 Å². The predicted octanol–water partition coefficient (Wildman–Crippen LogP) is 3.34. The van der Waals surface area contributed by atoms with Crippen LogP contribution in [0.4, 0.5) is 17.5 Å². The number of carbonyl (C=O) groups is 1. The van der Waals surface area contributed by atoms with Gasteiger partial charge in [-0.3, -0.25) is 4.79 Å². The second-order valence-corrected chi connectivity index (χ2v) is 7.20. The number of nitrogens with zero attached hydrogens (tertiary/aromatic N) is 3. The normalized spacial score (nSPS) is 17.7. The summed E-state index contributed by atoms with van der Waals surface area (Å²) in [5, 5.41) is 14.3. The van der Waals surface area contributed by atoms with Crippen molar-refractivity contribution >= 4 is 23.4 Å². The molecule has 2 aliphatic carbocycles. The van der Waals surface area contributed by atoms with E-state index in [-0.39, 0.29) is 5.69 Å². The molecule has 1 heterocycles. The van der Waals surface area contributed by atoms with E-state index in [2.05, 4.69) is 37.9 Å². The number of nitrogens with two attached hydrogens (primary N) is 1. The first-order chi connectivity index (χ1) is 12.7. The van der Waals surface area contributed by atoms with E-state index in [1.807, 2.05) is 12.1 Å². The van der Waals surface area contributed by atoms with Crippen molar-refractivity contribution in [2.75, 3.05) is 10.6 Å². The molecular formula is C19H24N6O. The summed E-state index contributed by atoms with van der Waals surface area (Å²) >= 11 is 0. The third-order valence-electron chi connectivity index (χ3n) is 5.08. The Bertz CT molecular complexity index is 781. The van der Waals surface area contributed by atoms with Crippen LogP contribution in [0.3, 0.4) is 0 Å². The fourth-order valence-electron chi connectivity index (χ4n) is 3.47. The van der Waals surface area contributed by atoms with Crippen LogP contribution in [0.15, 0.2) is 24.3 Å². The smallest absolute Gasteiger partial charge is 0.273 e. The Hall–Kier alpha value is -2.70. The van der Waals surface area contributed by atoms with Crippen LogP contribution in [-0.4, -0.2) is 27.1 Å². The highest BCUT2D eigenvalue weighted by atomic mass is 16.1. The molecule has 2 aliphatic rings. The van der Waals surface area contributed by atoms with Gasteiger partial charge < -0.3 is 16.4 Å². The molecule has 0 saturated heterocycles. The minimum atomic E-state index is -0.628. The second kappa shape index (κ2) is 7.27. The molecule has 136 valence electrons. The highest BCUT2D eigenvalue weighted by Gasteiger charge is 2.25. The Morgan fingerprint density at radius 2 is 1.73 bits per heavy atom. The maximum Gasteiger partial charge on any atom is 0.273 e. The maximum absolute atomic E-state index is 11.5. The summed E-state index contributed by atoms with van der Waals surface area (Å²) in [7, 11) is 0. The summed E-state index contributed by atoms with van der Waals surface area (Å²) in [6, 6.07) is 8.78. The SMILES string of the molecule is NC(=O)c1nnc(Nc2ccc(C3CCCCC3)cc2)nc1NC1CC1. The number of benzene rings is 1. The molecule has 1 aromatic heterocycles. The molecule has 0 unspecified atom stereocenters. The van der Waals surface area contributed by atoms with Gasteiger partial charge in [0, 0.05) is 11.7 Å². The van der Waals surface area contributed by atoms with E-state index in [9.17, 15) is 4.79 Å². The van der Waals surface area contributed by atoms with E-state index in [4.69, 9.17) is 5.73 Å². The Balaban J connectivity index is 1.48. The van der Waals surface area contributed by atoms with Gasteiger partial charge in [0.2, 0.25) is 5.95 Å². The molecular weight excluding hydrogens is 328 g/mol. The van der Waals surface area contributed by atoms with Gasteiger partial charge in [-0.25, -0.2) is 0 Å². The number of carbonyl (C=O) groups excluding carboxylic acids is 1. The van der Waals surface area contributed by atoms with E-state index >= 15 is 0 Å². The molecule has 0 radical (unpaired) electrons. The highest BCUT2D eigenvalue weighted by Crippen LogP contribution is 2.33. The molecule has 0 spiro atoms. The zero-order chi connectivity index (χ0) is 17.9. The topological polar surface area (TPSA) is 106 Å². The predicted molar refractivity (Wildman–Crippen MR) is 101 cm³/mol. The molecule has 0 aliphatic heterocycles. The molecule has 0 bridgehead atoms. The van der Waals surface area contributed by atoms with E-state index < -0.39 is 5.91 Å². The summed E-state index contributed by atoms with van der Waals surface area (Å²) in [5.41, 5.74) is 7.73. The first-order valence-electron chi connectivity index (χ1n) is 9.37. The van der Waals surface area contributed by atoms with Crippen molar-refractivity contribution in [3.63, 3.8) is 0 Å². The lowest BCUT2D eigenvalue weighted by Crippen LogP contribution is -2.20. The van der Waals surface area contributed by atoms with Crippen LogP contribution in [0, 0.1) is 0 Å². The van der Waals surface area contributed by atoms with Crippen LogP contribution in [0.2, 0.25) is 0 Å². The molecule has 4 rings (SSSR count). The van der Waals surface area contributed by atoms with Crippen LogP contribution in [0.5, 0.6) is 0 Å². The number of anilines is 3. The summed E-state index contributed by atoms with van der Waals surface area (Å²) < 4.78 is 0. The van der Waals surface area contributed by atoms with Crippen molar-refractivity contribution in [2.45, 2.75) is 56.9 Å². The third kappa shape index (κ3) is 3.92. The summed E-state index contributed by atoms with van der Waals surface area (Å²) in [5.74, 6) is 0.802. The number of primary amides is 1. The van der Waals surface area contributed by atoms with Gasteiger partial charge in [0.15, 0.2) is 11.5 Å². The van der Waals surface area contributed by atoms with Gasteiger partial charge in [-0.2, -0.15) is 4.98 Å². The molecule has 2 aromatic rings. The molecule has 0 atom stereocenters. The van der Waals surface area contributed by atoms with Crippen LogP contribution in [0.1, 0.15) is 66.9 Å². The van der Waals surface area contributed by atoms with Gasteiger partial charge in [-0.05, 0) is 49.3 Å². The minimum Gasteiger partial charge on any atom is -0.365 e. The van der Waals surface area contributed by atoms with E-state index in [1.54, 1.807) is 0 Å². The van der Waals surface area contributed by atoms with Crippen LogP contribution >= 0.6 is 0 Å². The Kier molecular flexibility index (Phi) is 4.69. The lowest BCUT2D eigenvalue weighted by molar-refractivity contribution is 0.0995. The van der Waals surface area contributed by atoms with Gasteiger partial charge >= 0.3 is 0 Å². The Morgan fingerprint density at radius 1 is 1.00 bits per heavy atom. The number of nitrogens with one attached hydrogen (secondary N) is 2. The number of aromatic nitrogens is 3. The van der Waals surface area contributed by atoms with Crippen LogP contribution in [0.25, 0.3) is 0 Å².